The molecular formula is C11H16FN3O3. The number of ether oxygens (including phenoxy) is 1. The summed E-state index contributed by atoms with van der Waals surface area (Å²) in [5, 5.41) is 13.8. The fourth-order valence-corrected chi connectivity index (χ4v) is 1.54. The summed E-state index contributed by atoms with van der Waals surface area (Å²) >= 11 is 0. The molecule has 0 amide bonds. The smallest absolute Gasteiger partial charge is 0.295 e. The standard InChI is InChI=1S/C11H16FN3O3/c1-13-4-5-14(2)9-7-11(18-3)8(12)6-10(9)15(16)17/h6-7,13H,4-5H2,1-3H3. The Morgan fingerprint density at radius 1 is 1.56 bits per heavy atom. The molecule has 0 bridgehead atoms. The van der Waals surface area contributed by atoms with Crippen LogP contribution < -0.4 is 15.0 Å². The molecule has 1 aromatic rings. The van der Waals surface area contributed by atoms with Gasteiger partial charge in [0.1, 0.15) is 5.69 Å². The van der Waals surface area contributed by atoms with E-state index < -0.39 is 10.7 Å². The Hall–Kier alpha value is -1.89. The fraction of sp³-hybridized carbons (Fsp3) is 0.455. The lowest BCUT2D eigenvalue weighted by Crippen LogP contribution is -2.27. The number of nitrogens with zero attached hydrogens (tertiary/aromatic N) is 2. The third-order valence-electron chi connectivity index (χ3n) is 2.55. The summed E-state index contributed by atoms with van der Waals surface area (Å²) in [5.41, 5.74) is 0.0559. The lowest BCUT2D eigenvalue weighted by Gasteiger charge is -2.19. The molecule has 0 heterocycles. The molecule has 0 aromatic heterocycles. The van der Waals surface area contributed by atoms with Gasteiger partial charge in [-0.25, -0.2) is 4.39 Å². The van der Waals surface area contributed by atoms with E-state index in [1.807, 2.05) is 0 Å². The second-order valence-electron chi connectivity index (χ2n) is 3.76. The minimum absolute atomic E-state index is 0.00749. The number of hydrogen-bond acceptors (Lipinski definition) is 5. The minimum atomic E-state index is -0.741. The second-order valence-corrected chi connectivity index (χ2v) is 3.76. The predicted octanol–water partition coefficient (Wildman–Crippen LogP) is 1.40. The Labute approximate surface area is 104 Å². The first-order valence-electron chi connectivity index (χ1n) is 5.39. The van der Waals surface area contributed by atoms with Crippen molar-refractivity contribution >= 4 is 11.4 Å². The van der Waals surface area contributed by atoms with Crippen LogP contribution in [-0.2, 0) is 0 Å². The maximum absolute atomic E-state index is 13.4. The Balaban J connectivity index is 3.17. The molecule has 6 nitrogen and oxygen atoms in total. The molecule has 0 aliphatic carbocycles. The zero-order valence-corrected chi connectivity index (χ0v) is 10.6. The highest BCUT2D eigenvalue weighted by Crippen LogP contribution is 2.33. The summed E-state index contributed by atoms with van der Waals surface area (Å²) in [6, 6.07) is 2.22. The number of halogens is 1. The molecule has 0 unspecified atom stereocenters. The van der Waals surface area contributed by atoms with E-state index in [0.717, 1.165) is 6.07 Å². The third kappa shape index (κ3) is 3.07. The molecule has 0 fully saturated rings. The van der Waals surface area contributed by atoms with Crippen molar-refractivity contribution in [3.63, 3.8) is 0 Å². The number of rotatable bonds is 6. The van der Waals surface area contributed by atoms with Crippen molar-refractivity contribution < 1.29 is 14.1 Å². The minimum Gasteiger partial charge on any atom is -0.494 e. The maximum Gasteiger partial charge on any atom is 0.295 e. The van der Waals surface area contributed by atoms with E-state index in [4.69, 9.17) is 4.74 Å². The monoisotopic (exact) mass is 257 g/mol. The van der Waals surface area contributed by atoms with Crippen LogP contribution in [0.2, 0.25) is 0 Å². The highest BCUT2D eigenvalue weighted by molar-refractivity contribution is 5.65. The molecule has 18 heavy (non-hydrogen) atoms. The normalized spacial score (nSPS) is 10.2. The van der Waals surface area contributed by atoms with Crippen LogP contribution in [0, 0.1) is 15.9 Å². The molecule has 0 aliphatic heterocycles. The van der Waals surface area contributed by atoms with Gasteiger partial charge in [0, 0.05) is 26.2 Å². The van der Waals surface area contributed by atoms with Crippen molar-refractivity contribution in [3.05, 3.63) is 28.1 Å². The number of methoxy groups -OCH3 is 1. The Morgan fingerprint density at radius 2 is 2.22 bits per heavy atom. The summed E-state index contributed by atoms with van der Waals surface area (Å²) < 4.78 is 18.3. The number of likely N-dealkylation sites (N-methyl/N-ethyl adjacent to an activating group) is 2. The number of hydrogen-bond donors (Lipinski definition) is 1. The molecule has 1 rings (SSSR count). The molecule has 0 spiro atoms. The van der Waals surface area contributed by atoms with Gasteiger partial charge in [0.15, 0.2) is 11.6 Å². The van der Waals surface area contributed by atoms with Crippen LogP contribution in [0.15, 0.2) is 12.1 Å². The molecule has 0 atom stereocenters. The van der Waals surface area contributed by atoms with Crippen LogP contribution in [0.1, 0.15) is 0 Å². The molecular weight excluding hydrogens is 241 g/mol. The SMILES string of the molecule is CNCCN(C)c1cc(OC)c(F)cc1[N+](=O)[O-]. The molecule has 1 N–H and O–H groups in total. The molecule has 0 radical (unpaired) electrons. The Bertz CT molecular complexity index is 440. The highest BCUT2D eigenvalue weighted by Gasteiger charge is 2.21. The van der Waals surface area contributed by atoms with E-state index in [1.165, 1.54) is 13.2 Å². The molecule has 100 valence electrons. The van der Waals surface area contributed by atoms with Crippen LogP contribution in [-0.4, -0.2) is 39.2 Å². The number of nitro benzene ring substituents is 1. The molecule has 7 heteroatoms. The van der Waals surface area contributed by atoms with Crippen molar-refractivity contribution in [1.29, 1.82) is 0 Å². The van der Waals surface area contributed by atoms with E-state index in [-0.39, 0.29) is 11.4 Å². The van der Waals surface area contributed by atoms with Crippen molar-refractivity contribution in [2.24, 2.45) is 0 Å². The van der Waals surface area contributed by atoms with E-state index >= 15 is 0 Å². The summed E-state index contributed by atoms with van der Waals surface area (Å²) in [6.07, 6.45) is 0. The van der Waals surface area contributed by atoms with E-state index in [1.54, 1.807) is 19.0 Å². The zero-order chi connectivity index (χ0) is 13.7. The number of nitrogens with one attached hydrogen (secondary N) is 1. The van der Waals surface area contributed by atoms with Crippen LogP contribution >= 0.6 is 0 Å². The fourth-order valence-electron chi connectivity index (χ4n) is 1.54. The van der Waals surface area contributed by atoms with Gasteiger partial charge in [0.05, 0.1) is 18.1 Å². The third-order valence-corrected chi connectivity index (χ3v) is 2.55. The maximum atomic E-state index is 13.4. The van der Waals surface area contributed by atoms with Crippen LogP contribution in [0.3, 0.4) is 0 Å². The lowest BCUT2D eigenvalue weighted by atomic mass is 10.2. The Kier molecular flexibility index (Phi) is 4.85. The average Bonchev–Trinajstić information content (AvgIpc) is 2.35. The largest absolute Gasteiger partial charge is 0.494 e. The van der Waals surface area contributed by atoms with Gasteiger partial charge >= 0.3 is 0 Å². The lowest BCUT2D eigenvalue weighted by molar-refractivity contribution is -0.384. The zero-order valence-electron chi connectivity index (χ0n) is 10.6. The van der Waals surface area contributed by atoms with Crippen LogP contribution in [0.5, 0.6) is 5.75 Å². The predicted molar refractivity (Wildman–Crippen MR) is 66.8 cm³/mol. The van der Waals surface area contributed by atoms with E-state index in [9.17, 15) is 14.5 Å². The van der Waals surface area contributed by atoms with E-state index in [2.05, 4.69) is 5.32 Å². The van der Waals surface area contributed by atoms with Crippen molar-refractivity contribution in [1.82, 2.24) is 5.32 Å². The van der Waals surface area contributed by atoms with Gasteiger partial charge in [-0.1, -0.05) is 0 Å². The van der Waals surface area contributed by atoms with Gasteiger partial charge in [-0.3, -0.25) is 10.1 Å². The topological polar surface area (TPSA) is 67.6 Å². The van der Waals surface area contributed by atoms with Crippen molar-refractivity contribution in [3.8, 4) is 5.75 Å². The number of benzene rings is 1. The van der Waals surface area contributed by atoms with Gasteiger partial charge in [-0.15, -0.1) is 0 Å². The van der Waals surface area contributed by atoms with E-state index in [0.29, 0.717) is 18.8 Å². The van der Waals surface area contributed by atoms with Gasteiger partial charge in [0.2, 0.25) is 0 Å². The molecule has 0 saturated heterocycles. The van der Waals surface area contributed by atoms with Crippen molar-refractivity contribution in [2.75, 3.05) is 39.2 Å². The summed E-state index contributed by atoms with van der Waals surface area (Å²) in [7, 11) is 4.81. The Morgan fingerprint density at radius 3 is 2.72 bits per heavy atom. The van der Waals surface area contributed by atoms with Gasteiger partial charge in [-0.05, 0) is 7.05 Å². The van der Waals surface area contributed by atoms with Crippen LogP contribution in [0.4, 0.5) is 15.8 Å². The summed E-state index contributed by atoms with van der Waals surface area (Å²) in [5.74, 6) is -0.748. The summed E-state index contributed by atoms with van der Waals surface area (Å²) in [4.78, 5) is 12.0. The van der Waals surface area contributed by atoms with Gasteiger partial charge in [-0.2, -0.15) is 0 Å². The first-order chi connectivity index (χ1) is 8.51. The van der Waals surface area contributed by atoms with Gasteiger partial charge < -0.3 is 15.0 Å². The second kappa shape index (κ2) is 6.15. The molecule has 0 aliphatic rings. The first kappa shape index (κ1) is 14.2. The first-order valence-corrected chi connectivity index (χ1v) is 5.39. The van der Waals surface area contributed by atoms with Gasteiger partial charge in [0.25, 0.3) is 5.69 Å². The summed E-state index contributed by atoms with van der Waals surface area (Å²) in [6.45, 7) is 1.22. The molecule has 1 aromatic carbocycles. The average molecular weight is 257 g/mol. The quantitative estimate of drug-likeness (QED) is 0.616. The highest BCUT2D eigenvalue weighted by atomic mass is 19.1. The van der Waals surface area contributed by atoms with Crippen LogP contribution in [0.25, 0.3) is 0 Å². The molecule has 0 saturated carbocycles. The number of nitro groups is 1. The number of anilines is 1. The van der Waals surface area contributed by atoms with Crippen molar-refractivity contribution in [2.45, 2.75) is 0 Å².